The van der Waals surface area contributed by atoms with Crippen molar-refractivity contribution in [3.63, 3.8) is 0 Å². The summed E-state index contributed by atoms with van der Waals surface area (Å²) in [7, 11) is 0. The van der Waals surface area contributed by atoms with Gasteiger partial charge in [0.2, 0.25) is 5.91 Å². The predicted molar refractivity (Wildman–Crippen MR) is 120 cm³/mol. The second-order valence-electron chi connectivity index (χ2n) is 8.43. The minimum atomic E-state index is -0.707. The van der Waals surface area contributed by atoms with Crippen molar-refractivity contribution in [3.05, 3.63) is 24.3 Å². The summed E-state index contributed by atoms with van der Waals surface area (Å²) in [4.78, 5) is 21.8. The van der Waals surface area contributed by atoms with Crippen LogP contribution < -0.4 is 5.32 Å². The molecule has 5 atom stereocenters. The zero-order valence-electron chi connectivity index (χ0n) is 19.0. The first-order chi connectivity index (χ1) is 14.8. The number of carbonyl (C=O) groups is 2. The molecule has 1 aliphatic carbocycles. The third kappa shape index (κ3) is 12.1. The first-order valence-corrected chi connectivity index (χ1v) is 11.7. The van der Waals surface area contributed by atoms with E-state index >= 15 is 0 Å². The lowest BCUT2D eigenvalue weighted by Crippen LogP contribution is -2.28. The highest BCUT2D eigenvalue weighted by Crippen LogP contribution is 2.36. The Kier molecular flexibility index (Phi) is 14.1. The standard InChI is InChI=1S/C24H41NO6/c1-3-4-9-12-19(27)14-15-21-20(22(28)17-23(21)29)13-10-7-5-6-8-11-16-31-24(30)25-18(2)26/h7,10,14-15,19-23,27-29H,3-6,8-9,11-13,16-17H2,1-2H3,(H,25,26,30)/t19-,20+,21+,22-,23+/m0/s1. The second-order valence-corrected chi connectivity index (χ2v) is 8.43. The number of hydrogen-bond donors (Lipinski definition) is 4. The van der Waals surface area contributed by atoms with Gasteiger partial charge in [-0.15, -0.1) is 0 Å². The number of amides is 2. The van der Waals surface area contributed by atoms with Crippen LogP contribution in [0, 0.1) is 11.8 Å². The maximum absolute atomic E-state index is 11.2. The lowest BCUT2D eigenvalue weighted by atomic mass is 9.89. The van der Waals surface area contributed by atoms with Gasteiger partial charge in [-0.3, -0.25) is 10.1 Å². The Morgan fingerprint density at radius 3 is 2.58 bits per heavy atom. The van der Waals surface area contributed by atoms with Crippen LogP contribution in [0.2, 0.25) is 0 Å². The first kappa shape index (κ1) is 27.3. The predicted octanol–water partition coefficient (Wildman–Crippen LogP) is 3.62. The minimum Gasteiger partial charge on any atom is -0.449 e. The van der Waals surface area contributed by atoms with E-state index in [1.165, 1.54) is 6.92 Å². The third-order valence-electron chi connectivity index (χ3n) is 5.68. The fraction of sp³-hybridized carbons (Fsp3) is 0.750. The molecule has 0 aliphatic heterocycles. The van der Waals surface area contributed by atoms with Gasteiger partial charge in [0, 0.05) is 19.3 Å². The molecule has 0 aromatic carbocycles. The molecule has 0 bridgehead atoms. The molecule has 0 aromatic rings. The average molecular weight is 440 g/mol. The van der Waals surface area contributed by atoms with Crippen LogP contribution in [0.4, 0.5) is 4.79 Å². The fourth-order valence-electron chi connectivity index (χ4n) is 3.92. The van der Waals surface area contributed by atoms with Gasteiger partial charge < -0.3 is 20.1 Å². The summed E-state index contributed by atoms with van der Waals surface area (Å²) < 4.78 is 4.88. The molecular weight excluding hydrogens is 398 g/mol. The van der Waals surface area contributed by atoms with E-state index in [4.69, 9.17) is 4.74 Å². The fourth-order valence-corrected chi connectivity index (χ4v) is 3.92. The van der Waals surface area contributed by atoms with Gasteiger partial charge in [0.25, 0.3) is 0 Å². The van der Waals surface area contributed by atoms with Crippen LogP contribution in [0.3, 0.4) is 0 Å². The lowest BCUT2D eigenvalue weighted by molar-refractivity contribution is -0.118. The minimum absolute atomic E-state index is 0.0430. The smallest absolute Gasteiger partial charge is 0.413 e. The number of aliphatic hydroxyl groups excluding tert-OH is 3. The van der Waals surface area contributed by atoms with Crippen molar-refractivity contribution < 1.29 is 29.6 Å². The third-order valence-corrected chi connectivity index (χ3v) is 5.68. The van der Waals surface area contributed by atoms with Crippen LogP contribution in [0.25, 0.3) is 0 Å². The van der Waals surface area contributed by atoms with Crippen LogP contribution in [0.1, 0.15) is 78.1 Å². The number of rotatable bonds is 14. The van der Waals surface area contributed by atoms with Gasteiger partial charge in [-0.25, -0.2) is 4.79 Å². The van der Waals surface area contributed by atoms with E-state index in [2.05, 4.69) is 24.4 Å². The molecule has 0 unspecified atom stereocenters. The van der Waals surface area contributed by atoms with E-state index in [1.807, 2.05) is 6.08 Å². The lowest BCUT2D eigenvalue weighted by Gasteiger charge is -2.19. The van der Waals surface area contributed by atoms with Gasteiger partial charge in [-0.2, -0.15) is 0 Å². The Labute approximate surface area is 186 Å². The monoisotopic (exact) mass is 439 g/mol. The summed E-state index contributed by atoms with van der Waals surface area (Å²) in [5.74, 6) is -0.617. The van der Waals surface area contributed by atoms with Crippen LogP contribution in [-0.2, 0) is 9.53 Å². The van der Waals surface area contributed by atoms with E-state index in [1.54, 1.807) is 6.08 Å². The molecule has 178 valence electrons. The van der Waals surface area contributed by atoms with E-state index in [0.717, 1.165) is 51.4 Å². The normalized spacial score (nSPS) is 24.7. The van der Waals surface area contributed by atoms with Gasteiger partial charge in [0.15, 0.2) is 0 Å². The van der Waals surface area contributed by atoms with E-state index in [-0.39, 0.29) is 18.4 Å². The number of ether oxygens (including phenoxy) is 1. The van der Waals surface area contributed by atoms with Crippen molar-refractivity contribution in [1.29, 1.82) is 0 Å². The zero-order chi connectivity index (χ0) is 23.1. The van der Waals surface area contributed by atoms with E-state index in [9.17, 15) is 24.9 Å². The number of unbranched alkanes of at least 4 members (excludes halogenated alkanes) is 5. The van der Waals surface area contributed by atoms with Crippen molar-refractivity contribution in [3.8, 4) is 0 Å². The molecule has 1 saturated carbocycles. The molecule has 2 amide bonds. The van der Waals surface area contributed by atoms with Crippen molar-refractivity contribution in [2.45, 2.75) is 96.4 Å². The van der Waals surface area contributed by atoms with Gasteiger partial charge >= 0.3 is 6.09 Å². The Morgan fingerprint density at radius 1 is 1.10 bits per heavy atom. The quantitative estimate of drug-likeness (QED) is 0.243. The summed E-state index contributed by atoms with van der Waals surface area (Å²) in [5.41, 5.74) is 0. The Hall–Kier alpha value is -1.70. The van der Waals surface area contributed by atoms with Gasteiger partial charge in [-0.05, 0) is 44.4 Å². The summed E-state index contributed by atoms with van der Waals surface area (Å²) in [6.07, 6.45) is 14.0. The Morgan fingerprint density at radius 2 is 1.87 bits per heavy atom. The SMILES string of the molecule is CCCCC[C@H](O)C=C[C@@H]1[C@@H](CC=CCCCCCOC(=O)NC(C)=O)[C@@H](O)C[C@H]1O. The van der Waals surface area contributed by atoms with E-state index < -0.39 is 30.3 Å². The van der Waals surface area contributed by atoms with Crippen molar-refractivity contribution in [2.24, 2.45) is 11.8 Å². The molecule has 0 saturated heterocycles. The van der Waals surface area contributed by atoms with Gasteiger partial charge in [-0.1, -0.05) is 50.5 Å². The summed E-state index contributed by atoms with van der Waals surface area (Å²) >= 11 is 0. The molecular formula is C24H41NO6. The van der Waals surface area contributed by atoms with Gasteiger partial charge in [0.1, 0.15) is 0 Å². The summed E-state index contributed by atoms with van der Waals surface area (Å²) in [5, 5.41) is 32.7. The van der Waals surface area contributed by atoms with Gasteiger partial charge in [0.05, 0.1) is 24.9 Å². The maximum Gasteiger partial charge on any atom is 0.413 e. The number of hydrogen-bond acceptors (Lipinski definition) is 6. The number of alkyl carbamates (subject to hydrolysis) is 1. The van der Waals surface area contributed by atoms with Crippen LogP contribution in [0.15, 0.2) is 24.3 Å². The molecule has 7 heteroatoms. The number of carbonyl (C=O) groups excluding carboxylic acids is 2. The summed E-state index contributed by atoms with van der Waals surface area (Å²) in [6, 6.07) is 0. The molecule has 7 nitrogen and oxygen atoms in total. The van der Waals surface area contributed by atoms with Crippen molar-refractivity contribution in [2.75, 3.05) is 6.61 Å². The molecule has 4 N–H and O–H groups in total. The molecule has 0 spiro atoms. The second kappa shape index (κ2) is 16.0. The Bertz CT molecular complexity index is 576. The van der Waals surface area contributed by atoms with Crippen molar-refractivity contribution in [1.82, 2.24) is 5.32 Å². The Balaban J connectivity index is 2.27. The van der Waals surface area contributed by atoms with Crippen LogP contribution in [0.5, 0.6) is 0 Å². The topological polar surface area (TPSA) is 116 Å². The molecule has 1 aliphatic rings. The molecule has 0 radical (unpaired) electrons. The number of nitrogens with one attached hydrogen (secondary N) is 1. The average Bonchev–Trinajstić information content (AvgIpc) is 2.97. The molecule has 1 fully saturated rings. The molecule has 31 heavy (non-hydrogen) atoms. The molecule has 1 rings (SSSR count). The van der Waals surface area contributed by atoms with E-state index in [0.29, 0.717) is 12.8 Å². The largest absolute Gasteiger partial charge is 0.449 e. The maximum atomic E-state index is 11.2. The molecule has 0 heterocycles. The highest BCUT2D eigenvalue weighted by atomic mass is 16.5. The number of allylic oxidation sites excluding steroid dienone is 2. The number of imide groups is 1. The first-order valence-electron chi connectivity index (χ1n) is 11.7. The molecule has 0 aromatic heterocycles. The highest BCUT2D eigenvalue weighted by molar-refractivity contribution is 5.90. The summed E-state index contributed by atoms with van der Waals surface area (Å²) in [6.45, 7) is 3.67. The highest BCUT2D eigenvalue weighted by Gasteiger charge is 2.39. The number of aliphatic hydroxyl groups is 3. The van der Waals surface area contributed by atoms with Crippen molar-refractivity contribution >= 4 is 12.0 Å². The zero-order valence-corrected chi connectivity index (χ0v) is 19.0. The van der Waals surface area contributed by atoms with Crippen LogP contribution >= 0.6 is 0 Å². The van der Waals surface area contributed by atoms with Crippen LogP contribution in [-0.4, -0.2) is 52.2 Å².